The lowest BCUT2D eigenvalue weighted by molar-refractivity contribution is -0.133. The summed E-state index contributed by atoms with van der Waals surface area (Å²) in [6.07, 6.45) is 3.43. The van der Waals surface area contributed by atoms with Crippen LogP contribution >= 0.6 is 0 Å². The number of phenolic OH excluding ortho intramolecular Hbond substituents is 1. The first-order valence-electron chi connectivity index (χ1n) is 19.9. The van der Waals surface area contributed by atoms with E-state index in [2.05, 4.69) is 4.98 Å². The van der Waals surface area contributed by atoms with E-state index < -0.39 is 34.7 Å². The second kappa shape index (κ2) is 14.4. The van der Waals surface area contributed by atoms with Gasteiger partial charge in [-0.25, -0.2) is 28.5 Å². The molecule has 4 unspecified atom stereocenters. The number of phenols is 1. The second-order valence-corrected chi connectivity index (χ2v) is 15.8. The van der Waals surface area contributed by atoms with Crippen LogP contribution in [0.5, 0.6) is 17.2 Å². The van der Waals surface area contributed by atoms with Crippen molar-refractivity contribution in [2.24, 2.45) is 13.0 Å². The first-order valence-corrected chi connectivity index (χ1v) is 19.9. The molecule has 0 spiro atoms. The quantitative estimate of drug-likeness (QED) is 0.207. The molecule has 0 amide bonds. The van der Waals surface area contributed by atoms with Gasteiger partial charge in [0, 0.05) is 49.6 Å². The Balaban J connectivity index is 1.20. The molecule has 13 heteroatoms. The number of benzene rings is 4. The van der Waals surface area contributed by atoms with Crippen molar-refractivity contribution in [1.29, 1.82) is 0 Å². The summed E-state index contributed by atoms with van der Waals surface area (Å²) < 4.78 is 16.3. The van der Waals surface area contributed by atoms with Gasteiger partial charge in [-0.3, -0.25) is 14.4 Å². The third-order valence-electron chi connectivity index (χ3n) is 12.8. The molecule has 1 fully saturated rings. The minimum absolute atomic E-state index is 0.0201. The lowest BCUT2D eigenvalue weighted by Gasteiger charge is -2.54. The third kappa shape index (κ3) is 5.59. The van der Waals surface area contributed by atoms with Crippen molar-refractivity contribution < 1.29 is 24.2 Å². The van der Waals surface area contributed by atoms with Gasteiger partial charge in [-0.1, -0.05) is 78.9 Å². The van der Waals surface area contributed by atoms with Gasteiger partial charge in [0.1, 0.15) is 11.4 Å². The molecule has 3 heterocycles. The van der Waals surface area contributed by atoms with E-state index in [9.17, 15) is 19.5 Å². The minimum Gasteiger partial charge on any atom is -0.507 e. The second-order valence-electron chi connectivity index (χ2n) is 15.8. The van der Waals surface area contributed by atoms with Gasteiger partial charge in [0.25, 0.3) is 5.56 Å². The highest BCUT2D eigenvalue weighted by Crippen LogP contribution is 2.61. The number of aryl methyl sites for hydroxylation is 4. The first kappa shape index (κ1) is 38.5. The molecule has 0 bridgehead atoms. The number of fused-ring (bicyclic) bond motifs is 5. The standard InChI is InChI=1S/C47H43N5O8/c1-26-20-29(21-27(2)42(26)54)41-31-16-19-51-45(57)50(18-17-34-44(56)49(3)37-25-39(60-5)38(59-4)24-35(37)48-34)46(58)52(51)36(31)23-33-43(55)32(28-12-8-6-9-13-28)22-40(53)47(33,41)30-14-10-7-11-15-30/h6-16,20-22,24-25,33,36,41,54H,17-19,23H2,1-5H3. The number of ketones is 2. The summed E-state index contributed by atoms with van der Waals surface area (Å²) in [5, 5.41) is 10.9. The van der Waals surface area contributed by atoms with Gasteiger partial charge in [-0.2, -0.15) is 0 Å². The molecule has 13 nitrogen and oxygen atoms in total. The molecule has 3 aliphatic rings. The first-order chi connectivity index (χ1) is 28.9. The highest BCUT2D eigenvalue weighted by atomic mass is 16.5. The van der Waals surface area contributed by atoms with Crippen LogP contribution in [0.15, 0.2) is 117 Å². The largest absolute Gasteiger partial charge is 0.507 e. The number of hydrogen-bond donors (Lipinski definition) is 1. The Labute approximate surface area is 344 Å². The molecule has 6 aromatic rings. The van der Waals surface area contributed by atoms with Gasteiger partial charge in [0.2, 0.25) is 0 Å². The smallest absolute Gasteiger partial charge is 0.347 e. The number of carbonyl (C=O) groups excluding carboxylic acids is 2. The van der Waals surface area contributed by atoms with Crippen LogP contribution < -0.4 is 26.4 Å². The Hall–Kier alpha value is -7.02. The maximum Gasteiger partial charge on any atom is 0.347 e. The van der Waals surface area contributed by atoms with Crippen LogP contribution in [0.3, 0.4) is 0 Å². The number of aromatic hydroxyl groups is 1. The summed E-state index contributed by atoms with van der Waals surface area (Å²) in [7, 11) is 4.63. The molecule has 304 valence electrons. The van der Waals surface area contributed by atoms with Crippen molar-refractivity contribution >= 4 is 28.2 Å². The number of allylic oxidation sites excluding steroid dienone is 4. The van der Waals surface area contributed by atoms with Gasteiger partial charge < -0.3 is 19.1 Å². The van der Waals surface area contributed by atoms with E-state index in [4.69, 9.17) is 9.47 Å². The van der Waals surface area contributed by atoms with Crippen molar-refractivity contribution in [2.45, 2.75) is 57.2 Å². The molecule has 9 rings (SSSR count). The summed E-state index contributed by atoms with van der Waals surface area (Å²) in [5.74, 6) is -1.18. The number of methoxy groups -OCH3 is 2. The molecule has 2 aromatic heterocycles. The Morgan fingerprint density at radius 2 is 1.50 bits per heavy atom. The van der Waals surface area contributed by atoms with Crippen LogP contribution in [0, 0.1) is 19.8 Å². The lowest BCUT2D eigenvalue weighted by Crippen LogP contribution is -2.58. The summed E-state index contributed by atoms with van der Waals surface area (Å²) >= 11 is 0. The highest BCUT2D eigenvalue weighted by molar-refractivity contribution is 6.31. The predicted molar refractivity (Wildman–Crippen MR) is 225 cm³/mol. The number of rotatable bonds is 8. The molecule has 1 N–H and O–H groups in total. The van der Waals surface area contributed by atoms with Crippen molar-refractivity contribution in [2.75, 3.05) is 14.2 Å². The molecule has 60 heavy (non-hydrogen) atoms. The van der Waals surface area contributed by atoms with E-state index in [-0.39, 0.29) is 54.5 Å². The van der Waals surface area contributed by atoms with E-state index >= 15 is 9.59 Å². The molecule has 4 atom stereocenters. The Bertz CT molecular complexity index is 3000. The molecular formula is C47H43N5O8. The number of nitrogens with zero attached hydrogens (tertiary/aromatic N) is 5. The number of aromatic nitrogens is 5. The monoisotopic (exact) mass is 805 g/mol. The minimum atomic E-state index is -1.42. The van der Waals surface area contributed by atoms with Crippen LogP contribution in [-0.2, 0) is 41.6 Å². The van der Waals surface area contributed by atoms with Crippen LogP contribution in [0.25, 0.3) is 16.6 Å². The van der Waals surface area contributed by atoms with Crippen LogP contribution in [0.4, 0.5) is 0 Å². The average Bonchev–Trinajstić information content (AvgIpc) is 3.51. The van der Waals surface area contributed by atoms with Crippen molar-refractivity contribution in [3.05, 3.63) is 167 Å². The molecule has 0 radical (unpaired) electrons. The van der Waals surface area contributed by atoms with Gasteiger partial charge in [0.15, 0.2) is 23.1 Å². The lowest BCUT2D eigenvalue weighted by atomic mass is 9.47. The summed E-state index contributed by atoms with van der Waals surface area (Å²) in [5.41, 5.74) is 2.40. The van der Waals surface area contributed by atoms with E-state index in [0.29, 0.717) is 55.9 Å². The Kier molecular flexibility index (Phi) is 9.22. The van der Waals surface area contributed by atoms with Crippen LogP contribution in [-0.4, -0.2) is 54.4 Å². The maximum absolute atomic E-state index is 15.3. The van der Waals surface area contributed by atoms with E-state index in [1.165, 1.54) is 34.2 Å². The number of ether oxygens (including phenoxy) is 2. The topological polar surface area (TPSA) is 157 Å². The maximum atomic E-state index is 15.3. The normalized spacial score (nSPS) is 20.9. The molecular weight excluding hydrogens is 763 g/mol. The van der Waals surface area contributed by atoms with Crippen molar-refractivity contribution in [3.8, 4) is 17.2 Å². The molecule has 2 aliphatic carbocycles. The molecule has 1 saturated carbocycles. The van der Waals surface area contributed by atoms with Crippen LogP contribution in [0.1, 0.15) is 51.9 Å². The fourth-order valence-electron chi connectivity index (χ4n) is 10.00. The van der Waals surface area contributed by atoms with E-state index in [0.717, 1.165) is 10.1 Å². The van der Waals surface area contributed by atoms with E-state index in [1.807, 2.05) is 66.7 Å². The molecule has 4 aromatic carbocycles. The summed E-state index contributed by atoms with van der Waals surface area (Å²) in [6.45, 7) is 3.48. The number of hydrogen-bond acceptors (Lipinski definition) is 9. The SMILES string of the molecule is COc1cc2nc(CCn3c(=O)n4n(c3=O)C3CC5C(=O)C(c6ccccc6)=CC(=O)C5(c5ccccc5)C(c5cc(C)c(O)c(C)c5)C3=CC4)c(=O)n(C)c2cc1OC. The molecule has 0 saturated heterocycles. The van der Waals surface area contributed by atoms with Crippen molar-refractivity contribution in [3.63, 3.8) is 0 Å². The summed E-state index contributed by atoms with van der Waals surface area (Å²) in [4.78, 5) is 77.6. The zero-order chi connectivity index (χ0) is 42.2. The Morgan fingerprint density at radius 1 is 0.850 bits per heavy atom. The van der Waals surface area contributed by atoms with E-state index in [1.54, 1.807) is 45.2 Å². The fourth-order valence-corrected chi connectivity index (χ4v) is 10.00. The van der Waals surface area contributed by atoms with Gasteiger partial charge in [-0.15, -0.1) is 0 Å². The average molecular weight is 806 g/mol. The molecule has 1 aliphatic heterocycles. The zero-order valence-electron chi connectivity index (χ0n) is 33.8. The van der Waals surface area contributed by atoms with Gasteiger partial charge >= 0.3 is 11.4 Å². The summed E-state index contributed by atoms with van der Waals surface area (Å²) in [6, 6.07) is 24.7. The number of Topliss-reactive ketones (excluding diaryl/α,β-unsaturated/α-hetero) is 1. The third-order valence-corrected chi connectivity index (χ3v) is 12.8. The van der Waals surface area contributed by atoms with Crippen molar-refractivity contribution in [1.82, 2.24) is 23.5 Å². The predicted octanol–water partition coefficient (Wildman–Crippen LogP) is 5.10. The van der Waals surface area contributed by atoms with Crippen LogP contribution in [0.2, 0.25) is 0 Å². The number of carbonyl (C=O) groups is 2. The van der Waals surface area contributed by atoms with Gasteiger partial charge in [-0.05, 0) is 59.7 Å². The fraction of sp³-hybridized carbons (Fsp3) is 0.277. The zero-order valence-corrected chi connectivity index (χ0v) is 33.8. The highest BCUT2D eigenvalue weighted by Gasteiger charge is 2.63. The van der Waals surface area contributed by atoms with Gasteiger partial charge in [0.05, 0.1) is 43.3 Å². The Morgan fingerprint density at radius 3 is 2.17 bits per heavy atom.